The molecule has 0 radical (unpaired) electrons. The van der Waals surface area contributed by atoms with E-state index >= 15 is 0 Å². The molecule has 5 nitrogen and oxygen atoms in total. The van der Waals surface area contributed by atoms with Gasteiger partial charge in [-0.15, -0.1) is 0 Å². The molecule has 32 heavy (non-hydrogen) atoms. The second kappa shape index (κ2) is 9.10. The average molecular weight is 465 g/mol. The lowest BCUT2D eigenvalue weighted by Gasteiger charge is -2.16. The van der Waals surface area contributed by atoms with Crippen molar-refractivity contribution in [2.75, 3.05) is 12.0 Å². The van der Waals surface area contributed by atoms with E-state index in [2.05, 4.69) is 0 Å². The number of amidine groups is 1. The topological polar surface area (TPSA) is 62.1 Å². The predicted molar refractivity (Wildman–Crippen MR) is 132 cm³/mol. The molecule has 1 heterocycles. The zero-order valence-corrected chi connectivity index (χ0v) is 19.4. The maximum absolute atomic E-state index is 13.4. The highest BCUT2D eigenvalue weighted by Gasteiger charge is 2.35. The van der Waals surface area contributed by atoms with Crippen molar-refractivity contribution in [3.05, 3.63) is 87.3 Å². The first-order valence-corrected chi connectivity index (χ1v) is 11.1. The second-order valence-corrected chi connectivity index (χ2v) is 8.82. The lowest BCUT2D eigenvalue weighted by Crippen LogP contribution is -2.28. The summed E-state index contributed by atoms with van der Waals surface area (Å²) in [4.78, 5) is 20.2. The molecule has 162 valence electrons. The maximum atomic E-state index is 13.4. The van der Waals surface area contributed by atoms with Crippen molar-refractivity contribution < 1.29 is 14.6 Å². The zero-order chi connectivity index (χ0) is 22.8. The van der Waals surface area contributed by atoms with Crippen LogP contribution in [0.5, 0.6) is 11.5 Å². The Morgan fingerprint density at radius 1 is 1.06 bits per heavy atom. The fourth-order valence-electron chi connectivity index (χ4n) is 3.35. The van der Waals surface area contributed by atoms with Crippen LogP contribution in [0.15, 0.2) is 70.6 Å². The molecule has 0 aliphatic carbocycles. The lowest BCUT2D eigenvalue weighted by molar-refractivity contribution is -0.113. The van der Waals surface area contributed by atoms with Gasteiger partial charge in [0.25, 0.3) is 5.91 Å². The molecule has 0 unspecified atom stereocenters. The Kier molecular flexibility index (Phi) is 6.26. The van der Waals surface area contributed by atoms with Crippen molar-refractivity contribution >= 4 is 51.9 Å². The van der Waals surface area contributed by atoms with Gasteiger partial charge in [0.1, 0.15) is 0 Å². The number of aryl methyl sites for hydroxylation is 2. The fraction of sp³-hybridized carbons (Fsp3) is 0.120. The number of hydrogen-bond donors (Lipinski definition) is 1. The van der Waals surface area contributed by atoms with Crippen LogP contribution in [0, 0.1) is 13.8 Å². The molecule has 1 saturated heterocycles. The van der Waals surface area contributed by atoms with Crippen molar-refractivity contribution in [1.82, 2.24) is 0 Å². The molecule has 0 spiro atoms. The van der Waals surface area contributed by atoms with E-state index in [1.165, 1.54) is 24.9 Å². The van der Waals surface area contributed by atoms with Crippen molar-refractivity contribution in [3.63, 3.8) is 0 Å². The number of aromatic hydroxyl groups is 1. The number of rotatable bonds is 4. The SMILES string of the molecule is COc1cc(Cl)cc(C=C2SC(=Nc3cccc(C)c3)N(c3cccc(C)c3)C2=O)c1O. The van der Waals surface area contributed by atoms with Gasteiger partial charge in [-0.3, -0.25) is 9.69 Å². The smallest absolute Gasteiger partial charge is 0.271 e. The summed E-state index contributed by atoms with van der Waals surface area (Å²) in [5.41, 5.74) is 3.99. The normalized spacial score (nSPS) is 16.2. The number of phenolic OH excluding ortho intramolecular Hbond substituents is 1. The number of thioether (sulfide) groups is 1. The minimum Gasteiger partial charge on any atom is -0.504 e. The van der Waals surface area contributed by atoms with Gasteiger partial charge >= 0.3 is 0 Å². The summed E-state index contributed by atoms with van der Waals surface area (Å²) in [6, 6.07) is 18.6. The standard InChI is InChI=1S/C25H21ClN2O3S/c1-15-6-4-8-19(10-15)27-25-28(20-9-5-7-16(2)11-20)24(30)22(32-25)13-17-12-18(26)14-21(31-3)23(17)29/h4-14,29H,1-3H3. The number of phenols is 1. The molecule has 1 amide bonds. The molecule has 1 aliphatic heterocycles. The highest BCUT2D eigenvalue weighted by molar-refractivity contribution is 8.19. The highest BCUT2D eigenvalue weighted by atomic mass is 35.5. The van der Waals surface area contributed by atoms with Crippen molar-refractivity contribution in [2.24, 2.45) is 4.99 Å². The Bertz CT molecular complexity index is 1270. The third-order valence-electron chi connectivity index (χ3n) is 4.87. The lowest BCUT2D eigenvalue weighted by atomic mass is 10.1. The molecular formula is C25H21ClN2O3S. The molecule has 3 aromatic carbocycles. The first kappa shape index (κ1) is 22.0. The van der Waals surface area contributed by atoms with E-state index < -0.39 is 0 Å². The quantitative estimate of drug-likeness (QED) is 0.449. The van der Waals surface area contributed by atoms with Crippen LogP contribution < -0.4 is 9.64 Å². The fourth-order valence-corrected chi connectivity index (χ4v) is 4.56. The van der Waals surface area contributed by atoms with Gasteiger partial charge in [-0.1, -0.05) is 35.9 Å². The first-order valence-electron chi connectivity index (χ1n) is 9.88. The van der Waals surface area contributed by atoms with E-state index in [9.17, 15) is 9.90 Å². The Morgan fingerprint density at radius 3 is 2.47 bits per heavy atom. The van der Waals surface area contributed by atoms with Gasteiger partial charge in [0.15, 0.2) is 16.7 Å². The molecule has 1 fully saturated rings. The number of hydrogen-bond acceptors (Lipinski definition) is 5. The Balaban J connectivity index is 1.83. The summed E-state index contributed by atoms with van der Waals surface area (Å²) in [6.07, 6.45) is 1.61. The molecule has 4 rings (SSSR count). The molecule has 0 aromatic heterocycles. The Morgan fingerprint density at radius 2 is 1.78 bits per heavy atom. The number of ether oxygens (including phenoxy) is 1. The van der Waals surface area contributed by atoms with E-state index in [0.29, 0.717) is 20.7 Å². The second-order valence-electron chi connectivity index (χ2n) is 7.37. The monoisotopic (exact) mass is 464 g/mol. The first-order chi connectivity index (χ1) is 15.4. The van der Waals surface area contributed by atoms with Crippen LogP contribution in [0.25, 0.3) is 6.08 Å². The maximum Gasteiger partial charge on any atom is 0.271 e. The van der Waals surface area contributed by atoms with Gasteiger partial charge in [0.05, 0.1) is 23.4 Å². The number of methoxy groups -OCH3 is 1. The zero-order valence-electron chi connectivity index (χ0n) is 17.8. The number of anilines is 1. The van der Waals surface area contributed by atoms with Gasteiger partial charge in [0.2, 0.25) is 0 Å². The van der Waals surface area contributed by atoms with E-state index in [0.717, 1.165) is 22.5 Å². The van der Waals surface area contributed by atoms with Crippen LogP contribution >= 0.6 is 23.4 Å². The van der Waals surface area contributed by atoms with Gasteiger partial charge in [-0.25, -0.2) is 4.99 Å². The molecule has 1 N–H and O–H groups in total. The van der Waals surface area contributed by atoms with Gasteiger partial charge < -0.3 is 9.84 Å². The molecule has 3 aromatic rings. The highest BCUT2D eigenvalue weighted by Crippen LogP contribution is 2.40. The number of amides is 1. The van der Waals surface area contributed by atoms with Crippen molar-refractivity contribution in [2.45, 2.75) is 13.8 Å². The average Bonchev–Trinajstić information content (AvgIpc) is 3.05. The van der Waals surface area contributed by atoms with Gasteiger partial charge in [0, 0.05) is 16.7 Å². The summed E-state index contributed by atoms with van der Waals surface area (Å²) >= 11 is 7.41. The molecule has 0 bridgehead atoms. The summed E-state index contributed by atoms with van der Waals surface area (Å²) in [5.74, 6) is -0.0710. The summed E-state index contributed by atoms with van der Waals surface area (Å²) in [7, 11) is 1.45. The number of carbonyl (C=O) groups excluding carboxylic acids is 1. The van der Waals surface area contributed by atoms with Crippen molar-refractivity contribution in [3.8, 4) is 11.5 Å². The number of nitrogens with zero attached hydrogens (tertiary/aromatic N) is 2. The van der Waals surface area contributed by atoms with E-state index in [1.807, 2.05) is 62.4 Å². The molecule has 1 aliphatic rings. The Hall–Kier alpha value is -3.22. The third-order valence-corrected chi connectivity index (χ3v) is 6.06. The minimum atomic E-state index is -0.231. The molecule has 0 atom stereocenters. The number of halogens is 1. The number of aliphatic imine (C=N–C) groups is 1. The predicted octanol–water partition coefficient (Wildman–Crippen LogP) is 6.48. The van der Waals surface area contributed by atoms with E-state index in [4.69, 9.17) is 21.3 Å². The Labute approximate surface area is 196 Å². The molecule has 0 saturated carbocycles. The van der Waals surface area contributed by atoms with Crippen LogP contribution in [-0.4, -0.2) is 23.3 Å². The van der Waals surface area contributed by atoms with Gasteiger partial charge in [-0.2, -0.15) is 0 Å². The van der Waals surface area contributed by atoms with Crippen LogP contribution in [0.2, 0.25) is 5.02 Å². The largest absolute Gasteiger partial charge is 0.504 e. The van der Waals surface area contributed by atoms with Crippen LogP contribution in [0.3, 0.4) is 0 Å². The van der Waals surface area contributed by atoms with Gasteiger partial charge in [-0.05, 0) is 73.1 Å². The minimum absolute atomic E-state index is 0.0796. The van der Waals surface area contributed by atoms with E-state index in [-0.39, 0.29) is 17.4 Å². The van der Waals surface area contributed by atoms with Crippen molar-refractivity contribution in [1.29, 1.82) is 0 Å². The van der Waals surface area contributed by atoms with Crippen LogP contribution in [-0.2, 0) is 4.79 Å². The summed E-state index contributed by atoms with van der Waals surface area (Å²) in [6.45, 7) is 3.97. The van der Waals surface area contributed by atoms with E-state index in [1.54, 1.807) is 17.0 Å². The van der Waals surface area contributed by atoms with Crippen LogP contribution in [0.1, 0.15) is 16.7 Å². The third kappa shape index (κ3) is 4.52. The molecule has 7 heteroatoms. The summed E-state index contributed by atoms with van der Waals surface area (Å²) in [5, 5.41) is 11.4. The molecular weight excluding hydrogens is 444 g/mol. The van der Waals surface area contributed by atoms with Crippen LogP contribution in [0.4, 0.5) is 11.4 Å². The number of carbonyl (C=O) groups is 1. The summed E-state index contributed by atoms with van der Waals surface area (Å²) < 4.78 is 5.18. The number of benzene rings is 3.